The smallest absolute Gasteiger partial charge is 0.321 e. The molecule has 2 rings (SSSR count). The fourth-order valence-electron chi connectivity index (χ4n) is 2.44. The molecule has 1 N–H and O–H groups in total. The van der Waals surface area contributed by atoms with Gasteiger partial charge < -0.3 is 15.0 Å². The van der Waals surface area contributed by atoms with Crippen molar-refractivity contribution in [3.63, 3.8) is 0 Å². The molecule has 1 unspecified atom stereocenters. The average molecular weight is 277 g/mol. The lowest BCUT2D eigenvalue weighted by molar-refractivity contribution is 0.0680. The summed E-state index contributed by atoms with van der Waals surface area (Å²) < 4.78 is 5.18. The first kappa shape index (κ1) is 14.8. The standard InChI is InChI=1S/C15H23N3O2/c1-13(12-20-2)17-8-10-18(11-9-17)15(19)16-14-6-4-3-5-7-14/h3-7,13H,8-12H2,1-2H3,(H,16,19). The number of carbonyl (C=O) groups is 1. The van der Waals surface area contributed by atoms with Crippen LogP contribution in [-0.4, -0.2) is 61.8 Å². The SMILES string of the molecule is COCC(C)N1CCN(C(=O)Nc2ccccc2)CC1. The molecule has 0 radical (unpaired) electrons. The largest absolute Gasteiger partial charge is 0.383 e. The van der Waals surface area contributed by atoms with Crippen LogP contribution in [0.2, 0.25) is 0 Å². The van der Waals surface area contributed by atoms with Crippen LogP contribution in [0.5, 0.6) is 0 Å². The van der Waals surface area contributed by atoms with Gasteiger partial charge in [-0.25, -0.2) is 4.79 Å². The second kappa shape index (κ2) is 7.26. The molecular weight excluding hydrogens is 254 g/mol. The highest BCUT2D eigenvalue weighted by molar-refractivity contribution is 5.89. The van der Waals surface area contributed by atoms with Crippen molar-refractivity contribution < 1.29 is 9.53 Å². The highest BCUT2D eigenvalue weighted by atomic mass is 16.5. The molecule has 5 nitrogen and oxygen atoms in total. The Morgan fingerprint density at radius 3 is 2.50 bits per heavy atom. The predicted molar refractivity (Wildman–Crippen MR) is 79.9 cm³/mol. The van der Waals surface area contributed by atoms with Crippen LogP contribution in [0.15, 0.2) is 30.3 Å². The summed E-state index contributed by atoms with van der Waals surface area (Å²) in [5.74, 6) is 0. The molecule has 0 aromatic heterocycles. The molecule has 1 aromatic carbocycles. The number of methoxy groups -OCH3 is 1. The van der Waals surface area contributed by atoms with Crippen molar-refractivity contribution in [3.8, 4) is 0 Å². The molecule has 1 atom stereocenters. The van der Waals surface area contributed by atoms with E-state index < -0.39 is 0 Å². The Morgan fingerprint density at radius 2 is 1.90 bits per heavy atom. The van der Waals surface area contributed by atoms with Gasteiger partial charge in [0.2, 0.25) is 0 Å². The first-order valence-corrected chi connectivity index (χ1v) is 7.04. The van der Waals surface area contributed by atoms with E-state index in [1.165, 1.54) is 0 Å². The number of nitrogens with one attached hydrogen (secondary N) is 1. The van der Waals surface area contributed by atoms with Gasteiger partial charge in [0.1, 0.15) is 0 Å². The zero-order valence-corrected chi connectivity index (χ0v) is 12.2. The number of benzene rings is 1. The summed E-state index contributed by atoms with van der Waals surface area (Å²) in [5.41, 5.74) is 0.840. The lowest BCUT2D eigenvalue weighted by Crippen LogP contribution is -2.53. The monoisotopic (exact) mass is 277 g/mol. The van der Waals surface area contributed by atoms with Gasteiger partial charge in [0, 0.05) is 45.0 Å². The zero-order chi connectivity index (χ0) is 14.4. The molecule has 1 aliphatic rings. The van der Waals surface area contributed by atoms with Crippen molar-refractivity contribution in [2.24, 2.45) is 0 Å². The molecular formula is C15H23N3O2. The van der Waals surface area contributed by atoms with Crippen LogP contribution in [0.25, 0.3) is 0 Å². The third-order valence-electron chi connectivity index (χ3n) is 3.66. The number of nitrogens with zero attached hydrogens (tertiary/aromatic N) is 2. The molecule has 110 valence electrons. The van der Waals surface area contributed by atoms with Gasteiger partial charge in [0.25, 0.3) is 0 Å². The molecule has 2 amide bonds. The molecule has 1 saturated heterocycles. The second-order valence-corrected chi connectivity index (χ2v) is 5.12. The van der Waals surface area contributed by atoms with Gasteiger partial charge in [-0.05, 0) is 19.1 Å². The van der Waals surface area contributed by atoms with Gasteiger partial charge in [0.15, 0.2) is 0 Å². The number of hydrogen-bond donors (Lipinski definition) is 1. The number of rotatable bonds is 4. The van der Waals surface area contributed by atoms with E-state index in [0.29, 0.717) is 6.04 Å². The molecule has 1 fully saturated rings. The molecule has 1 aliphatic heterocycles. The number of hydrogen-bond acceptors (Lipinski definition) is 3. The lowest BCUT2D eigenvalue weighted by Gasteiger charge is -2.37. The van der Waals surface area contributed by atoms with Gasteiger partial charge in [0.05, 0.1) is 6.61 Å². The van der Waals surface area contributed by atoms with E-state index in [1.54, 1.807) is 7.11 Å². The Balaban J connectivity index is 1.80. The van der Waals surface area contributed by atoms with Crippen LogP contribution in [0.4, 0.5) is 10.5 Å². The maximum Gasteiger partial charge on any atom is 0.321 e. The van der Waals surface area contributed by atoms with Crippen LogP contribution < -0.4 is 5.32 Å². The molecule has 0 bridgehead atoms. The summed E-state index contributed by atoms with van der Waals surface area (Å²) in [6.07, 6.45) is 0. The number of piperazine rings is 1. The first-order valence-electron chi connectivity index (χ1n) is 7.04. The number of urea groups is 1. The third-order valence-corrected chi connectivity index (χ3v) is 3.66. The Morgan fingerprint density at radius 1 is 1.25 bits per heavy atom. The maximum absolute atomic E-state index is 12.1. The minimum atomic E-state index is -0.0183. The molecule has 0 saturated carbocycles. The third kappa shape index (κ3) is 3.95. The number of anilines is 1. The Bertz CT molecular complexity index is 416. The Hall–Kier alpha value is -1.59. The van der Waals surface area contributed by atoms with E-state index in [4.69, 9.17) is 4.74 Å². The minimum absolute atomic E-state index is 0.0183. The van der Waals surface area contributed by atoms with Crippen molar-refractivity contribution >= 4 is 11.7 Å². The Labute approximate surface area is 120 Å². The van der Waals surface area contributed by atoms with Crippen molar-refractivity contribution in [3.05, 3.63) is 30.3 Å². The summed E-state index contributed by atoms with van der Waals surface area (Å²) in [6.45, 7) is 6.19. The molecule has 5 heteroatoms. The van der Waals surface area contributed by atoms with Gasteiger partial charge in [-0.2, -0.15) is 0 Å². The number of carbonyl (C=O) groups excluding carboxylic acids is 1. The van der Waals surface area contributed by atoms with Gasteiger partial charge in [-0.3, -0.25) is 4.90 Å². The van der Waals surface area contributed by atoms with Crippen LogP contribution >= 0.6 is 0 Å². The fourth-order valence-corrected chi connectivity index (χ4v) is 2.44. The summed E-state index contributed by atoms with van der Waals surface area (Å²) in [7, 11) is 1.72. The lowest BCUT2D eigenvalue weighted by atomic mass is 10.2. The van der Waals surface area contributed by atoms with Gasteiger partial charge >= 0.3 is 6.03 Å². The topological polar surface area (TPSA) is 44.8 Å². The first-order chi connectivity index (χ1) is 9.70. The van der Waals surface area contributed by atoms with Crippen molar-refractivity contribution in [2.45, 2.75) is 13.0 Å². The van der Waals surface area contributed by atoms with Crippen molar-refractivity contribution in [1.82, 2.24) is 9.80 Å². The number of amides is 2. The fraction of sp³-hybridized carbons (Fsp3) is 0.533. The molecule has 1 aromatic rings. The highest BCUT2D eigenvalue weighted by Crippen LogP contribution is 2.10. The highest BCUT2D eigenvalue weighted by Gasteiger charge is 2.23. The van der Waals surface area contributed by atoms with Gasteiger partial charge in [-0.15, -0.1) is 0 Å². The van der Waals surface area contributed by atoms with Crippen LogP contribution in [0, 0.1) is 0 Å². The van der Waals surface area contributed by atoms with Crippen LogP contribution in [-0.2, 0) is 4.74 Å². The molecule has 1 heterocycles. The summed E-state index contributed by atoms with van der Waals surface area (Å²) in [4.78, 5) is 16.4. The Kier molecular flexibility index (Phi) is 5.38. The van der Waals surface area contributed by atoms with Crippen LogP contribution in [0.1, 0.15) is 6.92 Å². The van der Waals surface area contributed by atoms with Gasteiger partial charge in [-0.1, -0.05) is 18.2 Å². The summed E-state index contributed by atoms with van der Waals surface area (Å²) >= 11 is 0. The number of para-hydroxylation sites is 1. The van der Waals surface area contributed by atoms with Crippen molar-refractivity contribution in [1.29, 1.82) is 0 Å². The van der Waals surface area contributed by atoms with Crippen LogP contribution in [0.3, 0.4) is 0 Å². The molecule has 0 aliphatic carbocycles. The van der Waals surface area contributed by atoms with Crippen molar-refractivity contribution in [2.75, 3.05) is 45.2 Å². The van der Waals surface area contributed by atoms with E-state index in [0.717, 1.165) is 38.5 Å². The molecule has 0 spiro atoms. The van der Waals surface area contributed by atoms with E-state index in [1.807, 2.05) is 35.2 Å². The minimum Gasteiger partial charge on any atom is -0.383 e. The van der Waals surface area contributed by atoms with E-state index in [-0.39, 0.29) is 6.03 Å². The predicted octanol–water partition coefficient (Wildman–Crippen LogP) is 1.87. The zero-order valence-electron chi connectivity index (χ0n) is 12.2. The summed E-state index contributed by atoms with van der Waals surface area (Å²) in [6, 6.07) is 9.95. The average Bonchev–Trinajstić information content (AvgIpc) is 2.48. The summed E-state index contributed by atoms with van der Waals surface area (Å²) in [5, 5.41) is 2.92. The van der Waals surface area contributed by atoms with E-state index in [2.05, 4.69) is 17.1 Å². The second-order valence-electron chi connectivity index (χ2n) is 5.12. The quantitative estimate of drug-likeness (QED) is 0.914. The van der Waals surface area contributed by atoms with E-state index in [9.17, 15) is 4.79 Å². The number of ether oxygens (including phenoxy) is 1. The molecule has 20 heavy (non-hydrogen) atoms. The maximum atomic E-state index is 12.1. The van der Waals surface area contributed by atoms with E-state index >= 15 is 0 Å². The normalized spacial score (nSPS) is 17.8.